The normalized spacial score (nSPS) is 14.6. The van der Waals surface area contributed by atoms with Crippen molar-refractivity contribution in [3.8, 4) is 0 Å². The molecule has 0 amide bonds. The minimum absolute atomic E-state index is 0.125. The van der Waals surface area contributed by atoms with E-state index in [1.807, 2.05) is 0 Å². The largest absolute Gasteiger partial charge is 0.419 e. The first kappa shape index (κ1) is 11.9. The molecule has 0 saturated heterocycles. The van der Waals surface area contributed by atoms with Gasteiger partial charge in [0.25, 0.3) is 0 Å². The van der Waals surface area contributed by atoms with Crippen LogP contribution in [0.3, 0.4) is 0 Å². The highest BCUT2D eigenvalue weighted by molar-refractivity contribution is 5.56. The van der Waals surface area contributed by atoms with Gasteiger partial charge in [-0.1, -0.05) is 0 Å². The van der Waals surface area contributed by atoms with Gasteiger partial charge in [-0.05, 0) is 6.07 Å². The molecule has 3 rings (SSSR count). The lowest BCUT2D eigenvalue weighted by Gasteiger charge is -2.21. The third-order valence-corrected chi connectivity index (χ3v) is 3.03. The minimum atomic E-state index is -4.41. The van der Waals surface area contributed by atoms with Crippen molar-refractivity contribution in [1.82, 2.24) is 15.0 Å². The average molecular weight is 266 g/mol. The van der Waals surface area contributed by atoms with E-state index < -0.39 is 11.7 Å². The van der Waals surface area contributed by atoms with E-state index in [-0.39, 0.29) is 5.69 Å². The second kappa shape index (κ2) is 4.18. The molecule has 2 aromatic heterocycles. The van der Waals surface area contributed by atoms with E-state index in [2.05, 4.69) is 15.0 Å². The predicted molar refractivity (Wildman–Crippen MR) is 61.2 cm³/mol. The van der Waals surface area contributed by atoms with Crippen LogP contribution >= 0.6 is 0 Å². The Morgan fingerprint density at radius 1 is 1.11 bits per heavy atom. The molecule has 0 spiro atoms. The smallest absolute Gasteiger partial charge is 0.361 e. The van der Waals surface area contributed by atoms with Crippen molar-refractivity contribution in [2.75, 3.05) is 4.90 Å². The Bertz CT molecular complexity index is 587. The molecule has 0 aromatic carbocycles. The Kier molecular flexibility index (Phi) is 2.62. The summed E-state index contributed by atoms with van der Waals surface area (Å²) in [6.45, 7) is 0.730. The van der Waals surface area contributed by atoms with Gasteiger partial charge in [-0.25, -0.2) is 9.97 Å². The maximum Gasteiger partial charge on any atom is 0.419 e. The van der Waals surface area contributed by atoms with Gasteiger partial charge >= 0.3 is 6.18 Å². The van der Waals surface area contributed by atoms with Crippen molar-refractivity contribution in [1.29, 1.82) is 0 Å². The van der Waals surface area contributed by atoms with Crippen LogP contribution in [0.25, 0.3) is 0 Å². The van der Waals surface area contributed by atoms with E-state index in [1.165, 1.54) is 18.6 Å². The second-order valence-electron chi connectivity index (χ2n) is 4.24. The van der Waals surface area contributed by atoms with Crippen LogP contribution in [0, 0.1) is 0 Å². The Morgan fingerprint density at radius 2 is 1.95 bits per heavy atom. The zero-order chi connectivity index (χ0) is 13.5. The van der Waals surface area contributed by atoms with Crippen LogP contribution in [0.15, 0.2) is 31.0 Å². The Morgan fingerprint density at radius 3 is 2.68 bits per heavy atom. The van der Waals surface area contributed by atoms with Crippen molar-refractivity contribution in [2.45, 2.75) is 19.3 Å². The van der Waals surface area contributed by atoms with Crippen molar-refractivity contribution < 1.29 is 13.2 Å². The van der Waals surface area contributed by atoms with Crippen LogP contribution in [-0.4, -0.2) is 15.0 Å². The average Bonchev–Trinajstić information content (AvgIpc) is 2.81. The molecule has 1 aliphatic heterocycles. The molecule has 19 heavy (non-hydrogen) atoms. The zero-order valence-electron chi connectivity index (χ0n) is 9.72. The van der Waals surface area contributed by atoms with Crippen LogP contribution in [-0.2, 0) is 19.3 Å². The number of aromatic nitrogens is 3. The lowest BCUT2D eigenvalue weighted by atomic mass is 10.2. The van der Waals surface area contributed by atoms with E-state index in [1.54, 1.807) is 11.1 Å². The molecule has 0 radical (unpaired) electrons. The van der Waals surface area contributed by atoms with E-state index in [9.17, 15) is 13.2 Å². The summed E-state index contributed by atoms with van der Waals surface area (Å²) in [5, 5.41) is 0. The third kappa shape index (κ3) is 2.11. The molecule has 0 N–H and O–H groups in total. The van der Waals surface area contributed by atoms with Gasteiger partial charge in [-0.2, -0.15) is 13.2 Å². The van der Waals surface area contributed by atoms with E-state index in [0.717, 1.165) is 17.5 Å². The molecular weight excluding hydrogens is 257 g/mol. The minimum Gasteiger partial charge on any atom is -0.361 e. The number of hydrogen-bond acceptors (Lipinski definition) is 4. The molecule has 4 nitrogen and oxygen atoms in total. The lowest BCUT2D eigenvalue weighted by molar-refractivity contribution is -0.137. The number of anilines is 1. The van der Waals surface area contributed by atoms with E-state index >= 15 is 0 Å². The van der Waals surface area contributed by atoms with Gasteiger partial charge in [-0.15, -0.1) is 0 Å². The van der Waals surface area contributed by atoms with Crippen molar-refractivity contribution in [2.24, 2.45) is 0 Å². The van der Waals surface area contributed by atoms with Gasteiger partial charge in [0.15, 0.2) is 0 Å². The number of pyridine rings is 1. The summed E-state index contributed by atoms with van der Waals surface area (Å²) < 4.78 is 38.8. The standard InChI is InChI=1S/C12H9F3N4/c13-12(14,15)9-4-16-2-1-11(9)19-5-8-3-17-7-18-10(8)6-19/h1-4,7H,5-6H2. The van der Waals surface area contributed by atoms with Crippen molar-refractivity contribution in [3.63, 3.8) is 0 Å². The van der Waals surface area contributed by atoms with Gasteiger partial charge in [-0.3, -0.25) is 4.98 Å². The maximum atomic E-state index is 12.9. The first-order chi connectivity index (χ1) is 9.05. The third-order valence-electron chi connectivity index (χ3n) is 3.03. The summed E-state index contributed by atoms with van der Waals surface area (Å²) in [5.41, 5.74) is 1.02. The molecule has 0 atom stereocenters. The van der Waals surface area contributed by atoms with Gasteiger partial charge in [0.1, 0.15) is 6.33 Å². The summed E-state index contributed by atoms with van der Waals surface area (Å²) in [7, 11) is 0. The second-order valence-corrected chi connectivity index (χ2v) is 4.24. The Balaban J connectivity index is 1.98. The van der Waals surface area contributed by atoms with Crippen molar-refractivity contribution in [3.05, 3.63) is 47.8 Å². The van der Waals surface area contributed by atoms with Gasteiger partial charge in [0.2, 0.25) is 0 Å². The summed E-state index contributed by atoms with van der Waals surface area (Å²) >= 11 is 0. The van der Waals surface area contributed by atoms with E-state index in [4.69, 9.17) is 0 Å². The first-order valence-corrected chi connectivity index (χ1v) is 5.59. The summed E-state index contributed by atoms with van der Waals surface area (Å²) in [5.74, 6) is 0. The van der Waals surface area contributed by atoms with Crippen LogP contribution in [0.4, 0.5) is 18.9 Å². The number of rotatable bonds is 1. The molecule has 0 bridgehead atoms. The fourth-order valence-corrected chi connectivity index (χ4v) is 2.15. The summed E-state index contributed by atoms with van der Waals surface area (Å²) in [6.07, 6.45) is 0.837. The molecule has 2 aromatic rings. The fraction of sp³-hybridized carbons (Fsp3) is 0.250. The van der Waals surface area contributed by atoms with Crippen LogP contribution in [0.1, 0.15) is 16.8 Å². The molecule has 7 heteroatoms. The highest BCUT2D eigenvalue weighted by atomic mass is 19.4. The predicted octanol–water partition coefficient (Wildman–Crippen LogP) is 2.41. The van der Waals surface area contributed by atoms with Crippen LogP contribution in [0.2, 0.25) is 0 Å². The summed E-state index contributed by atoms with van der Waals surface area (Å²) in [6, 6.07) is 1.38. The molecule has 98 valence electrons. The number of halogens is 3. The Labute approximate surface area is 106 Å². The van der Waals surface area contributed by atoms with Gasteiger partial charge in [0, 0.05) is 30.7 Å². The number of nitrogens with zero attached hydrogens (tertiary/aromatic N) is 4. The van der Waals surface area contributed by atoms with Crippen molar-refractivity contribution >= 4 is 5.69 Å². The number of hydrogen-bond donors (Lipinski definition) is 0. The molecule has 0 aliphatic carbocycles. The quantitative estimate of drug-likeness (QED) is 0.795. The number of alkyl halides is 3. The number of fused-ring (bicyclic) bond motifs is 1. The monoisotopic (exact) mass is 266 g/mol. The molecule has 0 fully saturated rings. The topological polar surface area (TPSA) is 41.9 Å². The van der Waals surface area contributed by atoms with Gasteiger partial charge in [0.05, 0.1) is 23.5 Å². The maximum absolute atomic E-state index is 12.9. The molecule has 1 aliphatic rings. The zero-order valence-corrected chi connectivity index (χ0v) is 9.72. The molecule has 0 saturated carbocycles. The van der Waals surface area contributed by atoms with E-state index in [0.29, 0.717) is 13.1 Å². The highest BCUT2D eigenvalue weighted by Gasteiger charge is 2.36. The summed E-state index contributed by atoms with van der Waals surface area (Å²) in [4.78, 5) is 13.1. The molecule has 3 heterocycles. The molecular formula is C12H9F3N4. The lowest BCUT2D eigenvalue weighted by Crippen LogP contribution is -2.20. The molecule has 0 unspecified atom stereocenters. The first-order valence-electron chi connectivity index (χ1n) is 5.59. The highest BCUT2D eigenvalue weighted by Crippen LogP contribution is 2.38. The fourth-order valence-electron chi connectivity index (χ4n) is 2.15. The SMILES string of the molecule is FC(F)(F)c1cnccc1N1Cc2cncnc2C1. The van der Waals surface area contributed by atoms with Crippen LogP contribution < -0.4 is 4.90 Å². The Hall–Kier alpha value is -2.18. The van der Waals surface area contributed by atoms with Gasteiger partial charge < -0.3 is 4.90 Å². The van der Waals surface area contributed by atoms with Crippen LogP contribution in [0.5, 0.6) is 0 Å².